The van der Waals surface area contributed by atoms with E-state index < -0.39 is 0 Å². The molecule has 0 saturated heterocycles. The van der Waals surface area contributed by atoms with E-state index in [-0.39, 0.29) is 6.03 Å². The van der Waals surface area contributed by atoms with Crippen LogP contribution in [0.2, 0.25) is 0 Å². The normalized spacial score (nSPS) is 10.7. The molecular weight excluding hydrogens is 348 g/mol. The van der Waals surface area contributed by atoms with Gasteiger partial charge in [0, 0.05) is 29.0 Å². The number of nitrogens with one attached hydrogen (secondary N) is 2. The smallest absolute Gasteiger partial charge is 0.323 e. The molecule has 0 saturated carbocycles. The zero-order valence-electron chi connectivity index (χ0n) is 14.0. The fourth-order valence-electron chi connectivity index (χ4n) is 2.62. The summed E-state index contributed by atoms with van der Waals surface area (Å²) in [6.45, 7) is 0. The van der Waals surface area contributed by atoms with Crippen LogP contribution in [-0.2, 0) is 0 Å². The Balaban J connectivity index is 1.45. The van der Waals surface area contributed by atoms with Crippen molar-refractivity contribution in [2.24, 2.45) is 0 Å². The van der Waals surface area contributed by atoms with Gasteiger partial charge in [0.1, 0.15) is 5.75 Å². The van der Waals surface area contributed by atoms with Gasteiger partial charge in [-0.2, -0.15) is 0 Å². The van der Waals surface area contributed by atoms with Gasteiger partial charge in [0.05, 0.1) is 18.5 Å². The van der Waals surface area contributed by atoms with Crippen molar-refractivity contribution >= 4 is 33.7 Å². The lowest BCUT2D eigenvalue weighted by Gasteiger charge is -2.11. The minimum Gasteiger partial charge on any atom is -0.495 e. The van der Waals surface area contributed by atoms with Crippen LogP contribution in [-0.4, -0.2) is 22.5 Å². The maximum absolute atomic E-state index is 12.2. The lowest BCUT2D eigenvalue weighted by molar-refractivity contribution is 0.262. The molecule has 0 bridgehead atoms. The van der Waals surface area contributed by atoms with Crippen LogP contribution < -0.4 is 15.4 Å². The van der Waals surface area contributed by atoms with Gasteiger partial charge in [-0.05, 0) is 24.3 Å². The third kappa shape index (κ3) is 3.25. The number of methoxy groups -OCH3 is 1. The van der Waals surface area contributed by atoms with Crippen molar-refractivity contribution in [3.05, 3.63) is 66.3 Å². The Hall–Kier alpha value is -3.32. The molecule has 0 atom stereocenters. The molecule has 6 nitrogen and oxygen atoms in total. The molecule has 0 aliphatic carbocycles. The second kappa shape index (κ2) is 6.89. The zero-order valence-corrected chi connectivity index (χ0v) is 14.8. The molecule has 2 N–H and O–H groups in total. The van der Waals surface area contributed by atoms with Crippen molar-refractivity contribution in [1.82, 2.24) is 9.38 Å². The number of urea groups is 1. The van der Waals surface area contributed by atoms with Gasteiger partial charge in [0.25, 0.3) is 0 Å². The Morgan fingerprint density at radius 3 is 2.69 bits per heavy atom. The number of hydrogen-bond acceptors (Lipinski definition) is 4. The molecule has 0 aliphatic heterocycles. The van der Waals surface area contributed by atoms with Gasteiger partial charge in [-0.3, -0.25) is 4.40 Å². The lowest BCUT2D eigenvalue weighted by Crippen LogP contribution is -2.19. The van der Waals surface area contributed by atoms with Crippen molar-refractivity contribution in [2.75, 3.05) is 17.7 Å². The standard InChI is InChI=1S/C19H16N4O2S/c1-25-17-5-3-2-4-15(17)21-18(24)20-14-8-6-13(7-9-14)16-12-23-10-11-26-19(23)22-16/h2-12H,1H3,(H2,20,21,24). The summed E-state index contributed by atoms with van der Waals surface area (Å²) in [7, 11) is 1.57. The maximum Gasteiger partial charge on any atom is 0.323 e. The molecule has 7 heteroatoms. The molecule has 130 valence electrons. The number of carbonyl (C=O) groups excluding carboxylic acids is 1. The van der Waals surface area contributed by atoms with Gasteiger partial charge in [-0.15, -0.1) is 11.3 Å². The summed E-state index contributed by atoms with van der Waals surface area (Å²) in [5, 5.41) is 7.59. The summed E-state index contributed by atoms with van der Waals surface area (Å²) in [5.41, 5.74) is 3.21. The molecule has 4 rings (SSSR count). The van der Waals surface area contributed by atoms with Crippen LogP contribution >= 0.6 is 11.3 Å². The van der Waals surface area contributed by atoms with E-state index in [1.54, 1.807) is 30.6 Å². The van der Waals surface area contributed by atoms with Crippen LogP contribution in [0.4, 0.5) is 16.2 Å². The average molecular weight is 364 g/mol. The van der Waals surface area contributed by atoms with E-state index in [2.05, 4.69) is 15.6 Å². The Bertz CT molecular complexity index is 1020. The highest BCUT2D eigenvalue weighted by molar-refractivity contribution is 7.15. The Morgan fingerprint density at radius 2 is 1.92 bits per heavy atom. The summed E-state index contributed by atoms with van der Waals surface area (Å²) in [4.78, 5) is 17.7. The molecular formula is C19H16N4O2S. The Morgan fingerprint density at radius 1 is 1.12 bits per heavy atom. The molecule has 0 spiro atoms. The van der Waals surface area contributed by atoms with Crippen molar-refractivity contribution in [3.8, 4) is 17.0 Å². The molecule has 2 amide bonds. The number of anilines is 2. The third-order valence-electron chi connectivity index (χ3n) is 3.89. The maximum atomic E-state index is 12.2. The number of thiazole rings is 1. The van der Waals surface area contributed by atoms with E-state index in [1.807, 2.05) is 58.6 Å². The minimum absolute atomic E-state index is 0.329. The first-order valence-electron chi connectivity index (χ1n) is 7.96. The number of imidazole rings is 1. The SMILES string of the molecule is COc1ccccc1NC(=O)Nc1ccc(-c2cn3ccsc3n2)cc1. The van der Waals surface area contributed by atoms with Gasteiger partial charge in [0.15, 0.2) is 4.96 Å². The Kier molecular flexibility index (Phi) is 4.28. The van der Waals surface area contributed by atoms with E-state index >= 15 is 0 Å². The predicted molar refractivity (Wildman–Crippen MR) is 104 cm³/mol. The highest BCUT2D eigenvalue weighted by Gasteiger charge is 2.08. The highest BCUT2D eigenvalue weighted by Crippen LogP contribution is 2.25. The quantitative estimate of drug-likeness (QED) is 0.551. The van der Waals surface area contributed by atoms with E-state index in [0.29, 0.717) is 17.1 Å². The van der Waals surface area contributed by atoms with Gasteiger partial charge >= 0.3 is 6.03 Å². The molecule has 2 aromatic heterocycles. The fourth-order valence-corrected chi connectivity index (χ4v) is 3.32. The summed E-state index contributed by atoms with van der Waals surface area (Å²) < 4.78 is 7.22. The summed E-state index contributed by atoms with van der Waals surface area (Å²) >= 11 is 1.59. The third-order valence-corrected chi connectivity index (χ3v) is 4.66. The molecule has 0 radical (unpaired) electrons. The van der Waals surface area contributed by atoms with Crippen molar-refractivity contribution in [3.63, 3.8) is 0 Å². The topological polar surface area (TPSA) is 67.7 Å². The number of carbonyl (C=O) groups is 1. The predicted octanol–water partition coefficient (Wildman–Crippen LogP) is 4.72. The van der Waals surface area contributed by atoms with Gasteiger partial charge in [-0.25, -0.2) is 9.78 Å². The van der Waals surface area contributed by atoms with Crippen molar-refractivity contribution < 1.29 is 9.53 Å². The molecule has 0 fully saturated rings. The van der Waals surface area contributed by atoms with E-state index in [1.165, 1.54) is 0 Å². The van der Waals surface area contributed by atoms with E-state index in [9.17, 15) is 4.79 Å². The first kappa shape index (κ1) is 16.2. The average Bonchev–Trinajstić information content (AvgIpc) is 3.25. The Labute approximate surface area is 154 Å². The van der Waals surface area contributed by atoms with Crippen LogP contribution in [0.1, 0.15) is 0 Å². The first-order chi connectivity index (χ1) is 12.7. The van der Waals surface area contributed by atoms with Crippen LogP contribution in [0, 0.1) is 0 Å². The second-order valence-corrected chi connectivity index (χ2v) is 6.45. The number of nitrogens with zero attached hydrogens (tertiary/aromatic N) is 2. The minimum atomic E-state index is -0.329. The van der Waals surface area contributed by atoms with Crippen LogP contribution in [0.5, 0.6) is 5.75 Å². The number of rotatable bonds is 4. The molecule has 4 aromatic rings. The number of aromatic nitrogens is 2. The summed E-state index contributed by atoms with van der Waals surface area (Å²) in [5.74, 6) is 0.609. The highest BCUT2D eigenvalue weighted by atomic mass is 32.1. The molecule has 0 unspecified atom stereocenters. The lowest BCUT2D eigenvalue weighted by atomic mass is 10.1. The number of fused-ring (bicyclic) bond motifs is 1. The van der Waals surface area contributed by atoms with Crippen LogP contribution in [0.25, 0.3) is 16.2 Å². The van der Waals surface area contributed by atoms with E-state index in [4.69, 9.17) is 4.74 Å². The number of ether oxygens (including phenoxy) is 1. The van der Waals surface area contributed by atoms with Crippen LogP contribution in [0.15, 0.2) is 66.3 Å². The molecule has 2 heterocycles. The largest absolute Gasteiger partial charge is 0.495 e. The summed E-state index contributed by atoms with van der Waals surface area (Å²) in [6.07, 6.45) is 3.97. The first-order valence-corrected chi connectivity index (χ1v) is 8.84. The van der Waals surface area contributed by atoms with Gasteiger partial charge < -0.3 is 15.4 Å². The van der Waals surface area contributed by atoms with Gasteiger partial charge in [-0.1, -0.05) is 24.3 Å². The number of amides is 2. The molecule has 0 aliphatic rings. The second-order valence-electron chi connectivity index (χ2n) is 5.58. The van der Waals surface area contributed by atoms with Crippen molar-refractivity contribution in [1.29, 1.82) is 0 Å². The summed E-state index contributed by atoms with van der Waals surface area (Å²) in [6, 6.07) is 14.5. The van der Waals surface area contributed by atoms with Crippen LogP contribution in [0.3, 0.4) is 0 Å². The van der Waals surface area contributed by atoms with Crippen molar-refractivity contribution in [2.45, 2.75) is 0 Å². The fraction of sp³-hybridized carbons (Fsp3) is 0.0526. The van der Waals surface area contributed by atoms with Gasteiger partial charge in [0.2, 0.25) is 0 Å². The zero-order chi connectivity index (χ0) is 17.9. The number of para-hydroxylation sites is 2. The monoisotopic (exact) mass is 364 g/mol. The van der Waals surface area contributed by atoms with E-state index in [0.717, 1.165) is 16.2 Å². The molecule has 26 heavy (non-hydrogen) atoms. The molecule has 2 aromatic carbocycles. The number of hydrogen-bond donors (Lipinski definition) is 2. The number of benzene rings is 2.